The first-order chi connectivity index (χ1) is 10.7. The van der Waals surface area contributed by atoms with E-state index >= 15 is 0 Å². The molecule has 6 heteroatoms. The van der Waals surface area contributed by atoms with Crippen molar-refractivity contribution in [2.24, 2.45) is 5.92 Å². The molecular formula is C16H19NO5. The standard InChI is InChI=1S/C16H19NO5/c1-2-20-16(19)12-4-3-7-17(9-12)15(18)11-5-6-13-14(8-11)22-10-21-13/h5-6,8,12H,2-4,7,9-10H2,1H3/t12-/m0/s1. The molecule has 0 spiro atoms. The van der Waals surface area contributed by atoms with Crippen LogP contribution in [0.5, 0.6) is 11.5 Å². The van der Waals surface area contributed by atoms with E-state index in [9.17, 15) is 9.59 Å². The highest BCUT2D eigenvalue weighted by atomic mass is 16.7. The molecule has 2 heterocycles. The topological polar surface area (TPSA) is 65.1 Å². The van der Waals surface area contributed by atoms with Gasteiger partial charge in [-0.1, -0.05) is 0 Å². The summed E-state index contributed by atoms with van der Waals surface area (Å²) >= 11 is 0. The predicted octanol–water partition coefficient (Wildman–Crippen LogP) is 1.83. The number of esters is 1. The van der Waals surface area contributed by atoms with Crippen molar-refractivity contribution in [3.05, 3.63) is 23.8 Å². The zero-order valence-corrected chi connectivity index (χ0v) is 12.5. The molecular weight excluding hydrogens is 286 g/mol. The van der Waals surface area contributed by atoms with Gasteiger partial charge < -0.3 is 19.1 Å². The molecule has 22 heavy (non-hydrogen) atoms. The number of hydrogen-bond acceptors (Lipinski definition) is 5. The van der Waals surface area contributed by atoms with E-state index in [2.05, 4.69) is 0 Å². The van der Waals surface area contributed by atoms with Crippen LogP contribution in [0.4, 0.5) is 0 Å². The van der Waals surface area contributed by atoms with Gasteiger partial charge in [0.2, 0.25) is 6.79 Å². The Kier molecular flexibility index (Phi) is 4.18. The largest absolute Gasteiger partial charge is 0.466 e. The molecule has 1 amide bonds. The highest BCUT2D eigenvalue weighted by molar-refractivity contribution is 5.95. The third-order valence-electron chi connectivity index (χ3n) is 3.95. The van der Waals surface area contributed by atoms with Gasteiger partial charge in [-0.25, -0.2) is 0 Å². The number of amides is 1. The Labute approximate surface area is 128 Å². The van der Waals surface area contributed by atoms with Crippen molar-refractivity contribution in [1.29, 1.82) is 0 Å². The van der Waals surface area contributed by atoms with Gasteiger partial charge in [-0.05, 0) is 38.0 Å². The molecule has 2 aliphatic heterocycles. The Morgan fingerprint density at radius 2 is 2.14 bits per heavy atom. The van der Waals surface area contributed by atoms with Crippen LogP contribution in [0.3, 0.4) is 0 Å². The Morgan fingerprint density at radius 3 is 2.95 bits per heavy atom. The van der Waals surface area contributed by atoms with Gasteiger partial charge in [0.05, 0.1) is 12.5 Å². The van der Waals surface area contributed by atoms with E-state index in [-0.39, 0.29) is 24.6 Å². The quantitative estimate of drug-likeness (QED) is 0.797. The lowest BCUT2D eigenvalue weighted by atomic mass is 9.97. The molecule has 0 aliphatic carbocycles. The lowest BCUT2D eigenvalue weighted by molar-refractivity contribution is -0.149. The first-order valence-electron chi connectivity index (χ1n) is 7.54. The molecule has 6 nitrogen and oxygen atoms in total. The highest BCUT2D eigenvalue weighted by Crippen LogP contribution is 2.33. The van der Waals surface area contributed by atoms with E-state index in [0.29, 0.717) is 36.8 Å². The fraction of sp³-hybridized carbons (Fsp3) is 0.500. The van der Waals surface area contributed by atoms with Gasteiger partial charge in [0, 0.05) is 18.7 Å². The van der Waals surface area contributed by atoms with E-state index in [4.69, 9.17) is 14.2 Å². The second-order valence-corrected chi connectivity index (χ2v) is 5.41. The summed E-state index contributed by atoms with van der Waals surface area (Å²) in [6.07, 6.45) is 1.57. The number of rotatable bonds is 3. The summed E-state index contributed by atoms with van der Waals surface area (Å²) in [5.41, 5.74) is 0.550. The van der Waals surface area contributed by atoms with Gasteiger partial charge in [-0.2, -0.15) is 0 Å². The minimum Gasteiger partial charge on any atom is -0.466 e. The van der Waals surface area contributed by atoms with Gasteiger partial charge in [-0.15, -0.1) is 0 Å². The smallest absolute Gasteiger partial charge is 0.310 e. The number of piperidine rings is 1. The fourth-order valence-corrected chi connectivity index (χ4v) is 2.83. The Bertz CT molecular complexity index is 586. The molecule has 0 radical (unpaired) electrons. The number of hydrogen-bond donors (Lipinski definition) is 0. The molecule has 0 unspecified atom stereocenters. The maximum absolute atomic E-state index is 12.6. The van der Waals surface area contributed by atoms with Crippen LogP contribution in [-0.4, -0.2) is 43.3 Å². The van der Waals surface area contributed by atoms with Crippen LogP contribution in [0, 0.1) is 5.92 Å². The molecule has 118 valence electrons. The molecule has 0 aromatic heterocycles. The minimum absolute atomic E-state index is 0.0905. The minimum atomic E-state index is -0.230. The van der Waals surface area contributed by atoms with Crippen molar-refractivity contribution < 1.29 is 23.8 Å². The van der Waals surface area contributed by atoms with Crippen LogP contribution in [0.15, 0.2) is 18.2 Å². The van der Waals surface area contributed by atoms with Crippen molar-refractivity contribution in [2.45, 2.75) is 19.8 Å². The van der Waals surface area contributed by atoms with Gasteiger partial charge in [0.15, 0.2) is 11.5 Å². The van der Waals surface area contributed by atoms with E-state index in [1.807, 2.05) is 0 Å². The molecule has 0 bridgehead atoms. The normalized spacial score (nSPS) is 19.9. The Balaban J connectivity index is 1.70. The summed E-state index contributed by atoms with van der Waals surface area (Å²) in [6.45, 7) is 3.40. The molecule has 1 atom stereocenters. The molecule has 1 saturated heterocycles. The van der Waals surface area contributed by atoms with Gasteiger partial charge in [0.25, 0.3) is 5.91 Å². The lowest BCUT2D eigenvalue weighted by Crippen LogP contribution is -2.42. The second kappa shape index (κ2) is 6.25. The molecule has 1 fully saturated rings. The molecule has 0 N–H and O–H groups in total. The number of ether oxygens (including phenoxy) is 3. The number of fused-ring (bicyclic) bond motifs is 1. The highest BCUT2D eigenvalue weighted by Gasteiger charge is 2.30. The summed E-state index contributed by atoms with van der Waals surface area (Å²) < 4.78 is 15.6. The molecule has 3 rings (SSSR count). The predicted molar refractivity (Wildman–Crippen MR) is 77.8 cm³/mol. The van der Waals surface area contributed by atoms with Crippen molar-refractivity contribution in [3.63, 3.8) is 0 Å². The molecule has 1 aromatic rings. The zero-order valence-electron chi connectivity index (χ0n) is 12.5. The maximum Gasteiger partial charge on any atom is 0.310 e. The first kappa shape index (κ1) is 14.7. The van der Waals surface area contributed by atoms with Gasteiger partial charge in [-0.3, -0.25) is 9.59 Å². The first-order valence-corrected chi connectivity index (χ1v) is 7.54. The Hall–Kier alpha value is -2.24. The monoisotopic (exact) mass is 305 g/mol. The van der Waals surface area contributed by atoms with Crippen LogP contribution in [0.2, 0.25) is 0 Å². The van der Waals surface area contributed by atoms with Gasteiger partial charge >= 0.3 is 5.97 Å². The average molecular weight is 305 g/mol. The molecule has 1 aromatic carbocycles. The van der Waals surface area contributed by atoms with Gasteiger partial charge in [0.1, 0.15) is 0 Å². The summed E-state index contributed by atoms with van der Waals surface area (Å²) in [4.78, 5) is 26.2. The number of likely N-dealkylation sites (tertiary alicyclic amines) is 1. The Morgan fingerprint density at radius 1 is 1.32 bits per heavy atom. The number of nitrogens with zero attached hydrogens (tertiary/aromatic N) is 1. The average Bonchev–Trinajstić information content (AvgIpc) is 3.02. The number of benzene rings is 1. The van der Waals surface area contributed by atoms with Crippen molar-refractivity contribution in [3.8, 4) is 11.5 Å². The SMILES string of the molecule is CCOC(=O)[C@H]1CCCN(C(=O)c2ccc3c(c2)OCO3)C1. The summed E-state index contributed by atoms with van der Waals surface area (Å²) in [5, 5.41) is 0. The van der Waals surface area contributed by atoms with E-state index in [1.165, 1.54) is 0 Å². The summed E-state index contributed by atoms with van der Waals surface area (Å²) in [6, 6.07) is 5.16. The second-order valence-electron chi connectivity index (χ2n) is 5.41. The molecule has 0 saturated carbocycles. The van der Waals surface area contributed by atoms with E-state index in [1.54, 1.807) is 30.0 Å². The number of carbonyl (C=O) groups excluding carboxylic acids is 2. The summed E-state index contributed by atoms with van der Waals surface area (Å²) in [5.74, 6) is 0.703. The van der Waals surface area contributed by atoms with Crippen molar-refractivity contribution in [2.75, 3.05) is 26.5 Å². The van der Waals surface area contributed by atoms with Crippen LogP contribution in [-0.2, 0) is 9.53 Å². The van der Waals surface area contributed by atoms with Crippen LogP contribution >= 0.6 is 0 Å². The third-order valence-corrected chi connectivity index (χ3v) is 3.95. The van der Waals surface area contributed by atoms with E-state index < -0.39 is 0 Å². The van der Waals surface area contributed by atoms with Crippen molar-refractivity contribution in [1.82, 2.24) is 4.90 Å². The lowest BCUT2D eigenvalue weighted by Gasteiger charge is -2.31. The van der Waals surface area contributed by atoms with Crippen molar-refractivity contribution >= 4 is 11.9 Å². The maximum atomic E-state index is 12.6. The fourth-order valence-electron chi connectivity index (χ4n) is 2.83. The van der Waals surface area contributed by atoms with E-state index in [0.717, 1.165) is 12.8 Å². The summed E-state index contributed by atoms with van der Waals surface area (Å²) in [7, 11) is 0. The third kappa shape index (κ3) is 2.86. The van der Waals surface area contributed by atoms with Crippen LogP contribution < -0.4 is 9.47 Å². The molecule has 2 aliphatic rings. The zero-order chi connectivity index (χ0) is 15.5. The van der Waals surface area contributed by atoms with Crippen LogP contribution in [0.1, 0.15) is 30.1 Å². The van der Waals surface area contributed by atoms with Crippen LogP contribution in [0.25, 0.3) is 0 Å². The number of carbonyl (C=O) groups is 2.